The van der Waals surface area contributed by atoms with Crippen LogP contribution in [0.1, 0.15) is 58.3 Å². The molecule has 0 bridgehead atoms. The predicted octanol–water partition coefficient (Wildman–Crippen LogP) is 1.65. The second-order valence-corrected chi connectivity index (χ2v) is 6.89. The van der Waals surface area contributed by atoms with Gasteiger partial charge in [-0.05, 0) is 52.0 Å². The van der Waals surface area contributed by atoms with Crippen LogP contribution in [-0.2, 0) is 4.79 Å². The zero-order valence-electron chi connectivity index (χ0n) is 12.7. The van der Waals surface area contributed by atoms with Crippen LogP contribution in [0.25, 0.3) is 0 Å². The zero-order valence-corrected chi connectivity index (χ0v) is 12.7. The number of nitrogens with zero attached hydrogens (tertiary/aromatic N) is 1. The summed E-state index contributed by atoms with van der Waals surface area (Å²) in [5.41, 5.74) is 0. The number of nitrogens with one attached hydrogen (secondary N) is 2. The molecule has 1 saturated heterocycles. The van der Waals surface area contributed by atoms with Gasteiger partial charge in [0.2, 0.25) is 5.91 Å². The molecule has 1 amide bonds. The maximum absolute atomic E-state index is 12.5. The van der Waals surface area contributed by atoms with Crippen molar-refractivity contribution in [1.29, 1.82) is 0 Å². The van der Waals surface area contributed by atoms with Crippen molar-refractivity contribution in [2.45, 2.75) is 82.5 Å². The summed E-state index contributed by atoms with van der Waals surface area (Å²) >= 11 is 0. The predicted molar refractivity (Wildman–Crippen MR) is 80.6 cm³/mol. The number of rotatable bonds is 6. The van der Waals surface area contributed by atoms with E-state index in [1.54, 1.807) is 0 Å². The van der Waals surface area contributed by atoms with Crippen molar-refractivity contribution in [2.24, 2.45) is 0 Å². The highest BCUT2D eigenvalue weighted by molar-refractivity contribution is 5.81. The molecule has 114 valence electrons. The molecule has 2 N–H and O–H groups in total. The van der Waals surface area contributed by atoms with Crippen LogP contribution in [0.2, 0.25) is 0 Å². The number of amides is 1. The Morgan fingerprint density at radius 3 is 2.55 bits per heavy atom. The molecule has 1 heterocycles. The van der Waals surface area contributed by atoms with Crippen molar-refractivity contribution in [3.63, 3.8) is 0 Å². The van der Waals surface area contributed by atoms with Crippen LogP contribution in [-0.4, -0.2) is 48.1 Å². The molecule has 2 aliphatic carbocycles. The van der Waals surface area contributed by atoms with E-state index in [1.165, 1.54) is 51.4 Å². The third kappa shape index (κ3) is 3.53. The summed E-state index contributed by atoms with van der Waals surface area (Å²) in [6, 6.07) is 1.72. The molecule has 2 saturated carbocycles. The summed E-state index contributed by atoms with van der Waals surface area (Å²) in [6.07, 6.45) is 9.99. The molecule has 20 heavy (non-hydrogen) atoms. The smallest absolute Gasteiger partial charge is 0.237 e. The van der Waals surface area contributed by atoms with Crippen LogP contribution < -0.4 is 10.6 Å². The molecule has 4 heteroatoms. The van der Waals surface area contributed by atoms with Crippen molar-refractivity contribution < 1.29 is 4.79 Å². The Balaban J connectivity index is 1.53. The average molecular weight is 279 g/mol. The summed E-state index contributed by atoms with van der Waals surface area (Å²) in [7, 11) is 0. The maximum Gasteiger partial charge on any atom is 0.237 e. The lowest BCUT2D eigenvalue weighted by atomic mass is 10.1. The fraction of sp³-hybridized carbons (Fsp3) is 0.938. The molecular formula is C16H29N3O. The SMILES string of the molecule is CC(C(=O)NC1CCCC1)N(CC1CCCN1)C1CC1. The van der Waals surface area contributed by atoms with Crippen LogP contribution in [0.4, 0.5) is 0 Å². The van der Waals surface area contributed by atoms with Gasteiger partial charge in [-0.25, -0.2) is 0 Å². The van der Waals surface area contributed by atoms with E-state index < -0.39 is 0 Å². The largest absolute Gasteiger partial charge is 0.352 e. The van der Waals surface area contributed by atoms with Gasteiger partial charge < -0.3 is 10.6 Å². The van der Waals surface area contributed by atoms with Crippen molar-refractivity contribution in [2.75, 3.05) is 13.1 Å². The van der Waals surface area contributed by atoms with Gasteiger partial charge in [0.25, 0.3) is 0 Å². The molecule has 0 radical (unpaired) electrons. The molecule has 2 unspecified atom stereocenters. The van der Waals surface area contributed by atoms with Gasteiger partial charge in [0.1, 0.15) is 0 Å². The Hall–Kier alpha value is -0.610. The lowest BCUT2D eigenvalue weighted by Crippen LogP contribution is -2.51. The van der Waals surface area contributed by atoms with Crippen LogP contribution >= 0.6 is 0 Å². The minimum absolute atomic E-state index is 0.0329. The van der Waals surface area contributed by atoms with Gasteiger partial charge in [0.05, 0.1) is 6.04 Å². The fourth-order valence-corrected chi connectivity index (χ4v) is 3.74. The summed E-state index contributed by atoms with van der Waals surface area (Å²) < 4.78 is 0. The second kappa shape index (κ2) is 6.44. The second-order valence-electron chi connectivity index (χ2n) is 6.89. The Kier molecular flexibility index (Phi) is 4.61. The van der Waals surface area contributed by atoms with Gasteiger partial charge >= 0.3 is 0 Å². The summed E-state index contributed by atoms with van der Waals surface area (Å²) in [5.74, 6) is 0.252. The van der Waals surface area contributed by atoms with Crippen molar-refractivity contribution in [3.8, 4) is 0 Å². The third-order valence-corrected chi connectivity index (χ3v) is 5.19. The standard InChI is InChI=1S/C16H29N3O/c1-12(16(20)18-13-5-2-3-6-13)19(15-8-9-15)11-14-7-4-10-17-14/h12-15,17H,2-11H2,1H3,(H,18,20). The summed E-state index contributed by atoms with van der Waals surface area (Å²) in [6.45, 7) is 4.29. The number of carbonyl (C=O) groups is 1. The lowest BCUT2D eigenvalue weighted by molar-refractivity contribution is -0.127. The van der Waals surface area contributed by atoms with Crippen LogP contribution in [0.3, 0.4) is 0 Å². The Morgan fingerprint density at radius 2 is 1.95 bits per heavy atom. The molecule has 1 aliphatic heterocycles. The van der Waals surface area contributed by atoms with E-state index in [0.29, 0.717) is 18.1 Å². The Morgan fingerprint density at radius 1 is 1.20 bits per heavy atom. The van der Waals surface area contributed by atoms with E-state index in [9.17, 15) is 4.79 Å². The normalized spacial score (nSPS) is 29.0. The topological polar surface area (TPSA) is 44.4 Å². The molecule has 4 nitrogen and oxygen atoms in total. The zero-order chi connectivity index (χ0) is 13.9. The van der Waals surface area contributed by atoms with Gasteiger partial charge in [0, 0.05) is 24.7 Å². The molecule has 3 fully saturated rings. The average Bonchev–Trinajstić information content (AvgIpc) is 2.92. The van der Waals surface area contributed by atoms with Crippen LogP contribution in [0.15, 0.2) is 0 Å². The van der Waals surface area contributed by atoms with Crippen LogP contribution in [0, 0.1) is 0 Å². The minimum atomic E-state index is 0.0329. The first-order valence-corrected chi connectivity index (χ1v) is 8.53. The van der Waals surface area contributed by atoms with E-state index in [1.807, 2.05) is 0 Å². The van der Waals surface area contributed by atoms with E-state index in [0.717, 1.165) is 13.1 Å². The lowest BCUT2D eigenvalue weighted by Gasteiger charge is -2.31. The van der Waals surface area contributed by atoms with Crippen molar-refractivity contribution in [3.05, 3.63) is 0 Å². The van der Waals surface area contributed by atoms with E-state index in [4.69, 9.17) is 0 Å². The number of carbonyl (C=O) groups excluding carboxylic acids is 1. The fourth-order valence-electron chi connectivity index (χ4n) is 3.74. The molecule has 0 aromatic heterocycles. The molecule has 2 atom stereocenters. The highest BCUT2D eigenvalue weighted by Crippen LogP contribution is 2.29. The van der Waals surface area contributed by atoms with Gasteiger partial charge in [-0.2, -0.15) is 0 Å². The summed E-state index contributed by atoms with van der Waals surface area (Å²) in [4.78, 5) is 14.9. The quantitative estimate of drug-likeness (QED) is 0.777. The number of hydrogen-bond donors (Lipinski definition) is 2. The van der Waals surface area contributed by atoms with Gasteiger partial charge in [0.15, 0.2) is 0 Å². The molecule has 0 spiro atoms. The van der Waals surface area contributed by atoms with E-state index in [-0.39, 0.29) is 11.9 Å². The first-order chi connectivity index (χ1) is 9.74. The van der Waals surface area contributed by atoms with Gasteiger partial charge in [-0.15, -0.1) is 0 Å². The highest BCUT2D eigenvalue weighted by atomic mass is 16.2. The highest BCUT2D eigenvalue weighted by Gasteiger charge is 2.37. The maximum atomic E-state index is 12.5. The Labute approximate surface area is 122 Å². The van der Waals surface area contributed by atoms with Crippen molar-refractivity contribution in [1.82, 2.24) is 15.5 Å². The molecule has 3 rings (SSSR count). The number of hydrogen-bond acceptors (Lipinski definition) is 3. The van der Waals surface area contributed by atoms with E-state index in [2.05, 4.69) is 22.5 Å². The minimum Gasteiger partial charge on any atom is -0.352 e. The van der Waals surface area contributed by atoms with Crippen molar-refractivity contribution >= 4 is 5.91 Å². The molecule has 0 aromatic rings. The van der Waals surface area contributed by atoms with Gasteiger partial charge in [-0.1, -0.05) is 12.8 Å². The third-order valence-electron chi connectivity index (χ3n) is 5.19. The summed E-state index contributed by atoms with van der Waals surface area (Å²) in [5, 5.41) is 6.83. The monoisotopic (exact) mass is 279 g/mol. The van der Waals surface area contributed by atoms with Gasteiger partial charge in [-0.3, -0.25) is 9.69 Å². The Bertz CT molecular complexity index is 331. The van der Waals surface area contributed by atoms with Crippen LogP contribution in [0.5, 0.6) is 0 Å². The molecule has 3 aliphatic rings. The first-order valence-electron chi connectivity index (χ1n) is 8.53. The van der Waals surface area contributed by atoms with E-state index >= 15 is 0 Å². The molecular weight excluding hydrogens is 250 g/mol. The molecule has 0 aromatic carbocycles. The first kappa shape index (κ1) is 14.3.